The number of hydrogen-bond donors (Lipinski definition) is 29. The van der Waals surface area contributed by atoms with Gasteiger partial charge in [-0.2, -0.15) is 0 Å². The zero-order valence-electron chi connectivity index (χ0n) is 65.6. The number of esters is 10. The van der Waals surface area contributed by atoms with E-state index >= 15 is 24.0 Å². The first-order valence-electron chi connectivity index (χ1n) is 37.1. The predicted molar refractivity (Wildman–Crippen MR) is 414 cm³/mol. The second kappa shape index (κ2) is 32.9. The first kappa shape index (κ1) is 89.6. The van der Waals surface area contributed by atoms with Gasteiger partial charge in [-0.1, -0.05) is 0 Å². The fourth-order valence-corrected chi connectivity index (χ4v) is 14.5. The van der Waals surface area contributed by atoms with Gasteiger partial charge in [-0.25, -0.2) is 47.9 Å². The van der Waals surface area contributed by atoms with Crippen molar-refractivity contribution in [2.75, 3.05) is 13.2 Å². The fourth-order valence-electron chi connectivity index (χ4n) is 14.5. The van der Waals surface area contributed by atoms with Crippen LogP contribution in [0, 0.1) is 0 Å². The highest BCUT2D eigenvalue weighted by Gasteiger charge is 2.59. The number of carbonyl (C=O) groups excluding carboxylic acids is 10. The van der Waals surface area contributed by atoms with Crippen molar-refractivity contribution < 1.29 is 258 Å². The fraction of sp³-hybridized carbons (Fsp3) is 0.146. The number of carbonyl (C=O) groups is 10. The van der Waals surface area contributed by atoms with E-state index in [0.29, 0.717) is 36.4 Å². The van der Waals surface area contributed by atoms with Gasteiger partial charge in [-0.15, -0.1) is 0 Å². The number of aromatic hydroxyl groups is 29. The maximum Gasteiger partial charge on any atom is 0.344 e. The maximum atomic E-state index is 15.4. The summed E-state index contributed by atoms with van der Waals surface area (Å²) in [5.41, 5.74) is -20.1. The number of phenols is 29. The zero-order chi connectivity index (χ0) is 97.5. The van der Waals surface area contributed by atoms with Gasteiger partial charge in [-0.3, -0.25) is 0 Å². The SMILES string of the molecule is O=C(O[C@@H]1O[C@@H]2COC(=O)c3cc(O)c(O)c(O)c3-c3c(cc(O)c(O)c3O)C(=O)O[C@H]2[C@H](OC(=O)c2cc(O)c(O)c(O)c2)[C@H]1OC(=O)c1cc(O)c(O)c(O)c1)c1cc(O)c(O)c(Oc2c(C(=O)O[C@H]3O[C@@H]4COC(=O)c5cc(O)c(O)c(O)c5-c5c(cc(O)c(O)c5O)C(=O)O[C@H]4[C@@H]4OC(=O)c5cc(O)c(O)c(O)c5-c5c(cc(O)c(O)c5O)C(=O)O[C@@H]34)cc(O)c(O)c2O)c1. The molecule has 5 heterocycles. The molecule has 0 unspecified atom stereocenters. The second-order valence-corrected chi connectivity index (χ2v) is 29.0. The Morgan fingerprint density at radius 2 is 0.515 bits per heavy atom. The Morgan fingerprint density at radius 3 is 0.888 bits per heavy atom. The van der Waals surface area contributed by atoms with E-state index < -0.39 is 402 Å². The van der Waals surface area contributed by atoms with Crippen molar-refractivity contribution in [3.8, 4) is 212 Å². The Morgan fingerprint density at radius 1 is 0.246 bits per heavy atom. The molecule has 5 aliphatic heterocycles. The van der Waals surface area contributed by atoms with Crippen LogP contribution in [0.1, 0.15) is 104 Å². The zero-order valence-corrected chi connectivity index (χ0v) is 65.6. The Kier molecular flexibility index (Phi) is 22.0. The third-order valence-electron chi connectivity index (χ3n) is 21.0. The monoisotopic (exact) mass is 1870 g/mol. The molecule has 10 aromatic rings. The summed E-state index contributed by atoms with van der Waals surface area (Å²) in [4.78, 5) is 149. The summed E-state index contributed by atoms with van der Waals surface area (Å²) in [5.74, 6) is -66.9. The summed E-state index contributed by atoms with van der Waals surface area (Å²) in [6.45, 7) is -3.13. The summed E-state index contributed by atoms with van der Waals surface area (Å²) in [6, 6.07) is 3.87. The Hall–Kier alpha value is -19.2. The molecule has 0 aliphatic carbocycles. The van der Waals surface area contributed by atoms with E-state index in [1.165, 1.54) is 0 Å². The minimum Gasteiger partial charge on any atom is -0.504 e. The highest BCUT2D eigenvalue weighted by molar-refractivity contribution is 6.12. The lowest BCUT2D eigenvalue weighted by atomic mass is 9.91. The van der Waals surface area contributed by atoms with Crippen molar-refractivity contribution in [2.24, 2.45) is 0 Å². The van der Waals surface area contributed by atoms with Gasteiger partial charge in [0.25, 0.3) is 0 Å². The normalized spacial score (nSPS) is 19.6. The third-order valence-corrected chi connectivity index (χ3v) is 21.0. The van der Waals surface area contributed by atoms with Crippen LogP contribution in [-0.4, -0.2) is 282 Å². The van der Waals surface area contributed by atoms with E-state index in [9.17, 15) is 172 Å². The summed E-state index contributed by atoms with van der Waals surface area (Å²) in [7, 11) is 0. The van der Waals surface area contributed by atoms with E-state index in [1.54, 1.807) is 0 Å². The van der Waals surface area contributed by atoms with Crippen molar-refractivity contribution in [3.05, 3.63) is 134 Å². The van der Waals surface area contributed by atoms with E-state index in [0.717, 1.165) is 0 Å². The number of benzene rings is 10. The number of ether oxygens (including phenoxy) is 13. The van der Waals surface area contributed by atoms with Gasteiger partial charge in [0.1, 0.15) is 31.0 Å². The Bertz CT molecular complexity index is 6820. The molecule has 0 radical (unpaired) electrons. The maximum absolute atomic E-state index is 15.4. The quantitative estimate of drug-likeness (QED) is 0.0527. The average Bonchev–Trinajstić information content (AvgIpc) is 1.68. The molecule has 52 nitrogen and oxygen atoms in total. The molecule has 15 rings (SSSR count). The van der Waals surface area contributed by atoms with Gasteiger partial charge < -0.3 is 210 Å². The van der Waals surface area contributed by atoms with Gasteiger partial charge in [0.2, 0.25) is 76.5 Å². The van der Waals surface area contributed by atoms with E-state index in [1.807, 2.05) is 0 Å². The molecule has 696 valence electrons. The van der Waals surface area contributed by atoms with Crippen molar-refractivity contribution in [3.63, 3.8) is 0 Å². The number of rotatable bonds is 10. The molecule has 134 heavy (non-hydrogen) atoms. The summed E-state index contributed by atoms with van der Waals surface area (Å²) in [5, 5.41) is 318. The van der Waals surface area contributed by atoms with Crippen LogP contribution in [0.5, 0.6) is 178 Å². The van der Waals surface area contributed by atoms with Gasteiger partial charge in [0.05, 0.1) is 50.1 Å². The molecule has 0 aromatic heterocycles. The van der Waals surface area contributed by atoms with Crippen LogP contribution < -0.4 is 4.74 Å². The van der Waals surface area contributed by atoms with Crippen molar-refractivity contribution in [1.82, 2.24) is 0 Å². The smallest absolute Gasteiger partial charge is 0.344 e. The molecule has 0 amide bonds. The van der Waals surface area contributed by atoms with Crippen molar-refractivity contribution in [1.29, 1.82) is 0 Å². The molecule has 0 bridgehead atoms. The van der Waals surface area contributed by atoms with Crippen LogP contribution in [0.15, 0.2) is 78.9 Å². The van der Waals surface area contributed by atoms with Crippen molar-refractivity contribution >= 4 is 59.7 Å². The molecular weight excluding hydrogens is 1820 g/mol. The first-order chi connectivity index (χ1) is 63.1. The van der Waals surface area contributed by atoms with Crippen molar-refractivity contribution in [2.45, 2.75) is 61.4 Å². The molecule has 0 spiro atoms. The lowest BCUT2D eigenvalue weighted by Gasteiger charge is -2.44. The number of phenolic OH excluding ortho intramolecular Hbond substituents is 29. The molecule has 10 atom stereocenters. The standard InChI is InChI=1S/C82H56O52/c83-26-1-16(2-27(84)47(26)95)71(112)129-67-65-39(14-122-74(115)19-7-31(88)50(98)57(105)41(19)43-21(76(117)127-65)9-33(90)52(100)59(43)107)125-81(69(67)131-72(113)17-3-28(85)48(96)29(86)4-17)133-73(114)18-5-30(87)49(97)38(6-18)124-64-25(13-37(94)56(104)63(64)111)80(121)134-82-70-68(130-78(119)23-11-35(92)54(102)61(109)45(23)46-24(79(120)132-70)12-36(93)55(103)62(46)110)66-40(126-82)15-123-75(116)20-8-32(89)51(99)58(106)42(20)44-22(77(118)128-66)10-34(91)53(101)60(44)108/h1-13,39-40,65-70,81-111H,14-15H2/t39-,40-,65-,66-,67+,68+,69-,70-,81+,82-/m1/s1. The van der Waals surface area contributed by atoms with Crippen LogP contribution in [0.3, 0.4) is 0 Å². The van der Waals surface area contributed by atoms with E-state index in [2.05, 4.69) is 0 Å². The molecule has 10 aromatic carbocycles. The Labute approximate surface area is 735 Å². The van der Waals surface area contributed by atoms with Gasteiger partial charge >= 0.3 is 59.7 Å². The molecule has 2 saturated heterocycles. The van der Waals surface area contributed by atoms with Gasteiger partial charge in [0.15, 0.2) is 151 Å². The van der Waals surface area contributed by atoms with Crippen LogP contribution in [0.25, 0.3) is 33.4 Å². The predicted octanol–water partition coefficient (Wildman–Crippen LogP) is 3.71. The molecule has 5 aliphatic rings. The summed E-state index contributed by atoms with van der Waals surface area (Å²) >= 11 is 0. The Balaban J connectivity index is 0.839. The minimum atomic E-state index is -3.09. The van der Waals surface area contributed by atoms with Crippen LogP contribution in [0.4, 0.5) is 0 Å². The number of cyclic esters (lactones) is 2. The molecule has 29 N–H and O–H groups in total. The summed E-state index contributed by atoms with van der Waals surface area (Å²) < 4.78 is 74.5. The molecule has 52 heteroatoms. The van der Waals surface area contributed by atoms with Crippen LogP contribution >= 0.6 is 0 Å². The highest BCUT2D eigenvalue weighted by Crippen LogP contribution is 2.59. The molecule has 0 saturated carbocycles. The highest BCUT2D eigenvalue weighted by atomic mass is 16.8. The average molecular weight is 1870 g/mol. The largest absolute Gasteiger partial charge is 0.504 e. The van der Waals surface area contributed by atoms with E-state index in [-0.39, 0.29) is 42.5 Å². The number of hydrogen-bond acceptors (Lipinski definition) is 52. The van der Waals surface area contributed by atoms with E-state index in [4.69, 9.17) is 61.6 Å². The minimum absolute atomic E-state index is 0.108. The van der Waals surface area contributed by atoms with Gasteiger partial charge in [0, 0.05) is 39.4 Å². The first-order valence-corrected chi connectivity index (χ1v) is 37.1. The number of fused-ring (bicyclic) bond motifs is 13. The third kappa shape index (κ3) is 15.0. The lowest BCUT2D eigenvalue weighted by Crippen LogP contribution is -2.63. The topological polar surface area (TPSA) is 877 Å². The molecular formula is C82H56O52. The van der Waals surface area contributed by atoms with Gasteiger partial charge in [-0.05, 0) is 72.8 Å². The summed E-state index contributed by atoms with van der Waals surface area (Å²) in [6.07, 6.45) is -28.5. The second-order valence-electron chi connectivity index (χ2n) is 29.0. The van der Waals surface area contributed by atoms with Crippen LogP contribution in [-0.2, 0) is 56.8 Å². The molecule has 2 fully saturated rings. The lowest BCUT2D eigenvalue weighted by molar-refractivity contribution is -0.283. The van der Waals surface area contributed by atoms with Crippen LogP contribution in [0.2, 0.25) is 0 Å².